The second kappa shape index (κ2) is 10.3. The number of hydrogen-bond donors (Lipinski definition) is 1. The summed E-state index contributed by atoms with van der Waals surface area (Å²) in [4.78, 5) is 28.8. The molecule has 6 nitrogen and oxygen atoms in total. The Bertz CT molecular complexity index is 886. The molecule has 1 heterocycles. The lowest BCUT2D eigenvalue weighted by Crippen LogP contribution is -2.36. The van der Waals surface area contributed by atoms with E-state index in [-0.39, 0.29) is 11.7 Å². The number of esters is 1. The van der Waals surface area contributed by atoms with Crippen molar-refractivity contribution in [2.45, 2.75) is 19.9 Å². The van der Waals surface area contributed by atoms with Crippen LogP contribution in [0, 0.1) is 12.7 Å². The van der Waals surface area contributed by atoms with Crippen LogP contribution in [0.3, 0.4) is 0 Å². The van der Waals surface area contributed by atoms with Crippen molar-refractivity contribution in [3.05, 3.63) is 65.0 Å². The van der Waals surface area contributed by atoms with E-state index in [0.717, 1.165) is 50.3 Å². The molecule has 0 spiro atoms. The first-order chi connectivity index (χ1) is 14.4. The van der Waals surface area contributed by atoms with E-state index in [4.69, 9.17) is 4.74 Å². The molecule has 1 N–H and O–H groups in total. The van der Waals surface area contributed by atoms with Gasteiger partial charge in [0.05, 0.1) is 19.2 Å². The zero-order chi connectivity index (χ0) is 21.5. The van der Waals surface area contributed by atoms with Gasteiger partial charge < -0.3 is 10.1 Å². The largest absolute Gasteiger partial charge is 0.465 e. The van der Waals surface area contributed by atoms with E-state index in [9.17, 15) is 14.0 Å². The fraction of sp³-hybridized carbons (Fsp3) is 0.391. The van der Waals surface area contributed by atoms with Crippen LogP contribution in [0.5, 0.6) is 0 Å². The van der Waals surface area contributed by atoms with E-state index in [0.29, 0.717) is 17.8 Å². The Labute approximate surface area is 176 Å². The van der Waals surface area contributed by atoms with Crippen LogP contribution in [0.15, 0.2) is 42.5 Å². The number of anilines is 1. The normalized spacial score (nSPS) is 15.4. The van der Waals surface area contributed by atoms with Gasteiger partial charge in [-0.3, -0.25) is 14.6 Å². The number of nitrogens with zero attached hydrogens (tertiary/aromatic N) is 2. The first-order valence-electron chi connectivity index (χ1n) is 10.1. The summed E-state index contributed by atoms with van der Waals surface area (Å²) in [6.07, 6.45) is 0.964. The first kappa shape index (κ1) is 21.9. The summed E-state index contributed by atoms with van der Waals surface area (Å²) in [7, 11) is 1.33. The van der Waals surface area contributed by atoms with Crippen LogP contribution < -0.4 is 5.32 Å². The highest BCUT2D eigenvalue weighted by Crippen LogP contribution is 2.18. The van der Waals surface area contributed by atoms with E-state index in [1.807, 2.05) is 19.1 Å². The van der Waals surface area contributed by atoms with Crippen molar-refractivity contribution in [2.75, 3.05) is 45.2 Å². The van der Waals surface area contributed by atoms with Crippen molar-refractivity contribution < 1.29 is 18.7 Å². The molecule has 30 heavy (non-hydrogen) atoms. The van der Waals surface area contributed by atoms with Crippen LogP contribution in [0.25, 0.3) is 0 Å². The third-order valence-electron chi connectivity index (χ3n) is 5.30. The van der Waals surface area contributed by atoms with Crippen molar-refractivity contribution in [1.29, 1.82) is 0 Å². The van der Waals surface area contributed by atoms with Crippen LogP contribution in [0.2, 0.25) is 0 Å². The van der Waals surface area contributed by atoms with Gasteiger partial charge in [-0.05, 0) is 61.8 Å². The van der Waals surface area contributed by atoms with E-state index in [2.05, 4.69) is 15.1 Å². The molecule has 1 fully saturated rings. The van der Waals surface area contributed by atoms with Gasteiger partial charge in [-0.15, -0.1) is 0 Å². The highest BCUT2D eigenvalue weighted by atomic mass is 19.1. The van der Waals surface area contributed by atoms with Gasteiger partial charge in [0, 0.05) is 25.3 Å². The number of aryl methyl sites for hydroxylation is 1. The smallest absolute Gasteiger partial charge is 0.337 e. The molecule has 1 aliphatic rings. The van der Waals surface area contributed by atoms with E-state index < -0.39 is 5.97 Å². The summed E-state index contributed by atoms with van der Waals surface area (Å²) in [6, 6.07) is 11.7. The maximum absolute atomic E-state index is 13.1. The molecule has 1 saturated heterocycles. The topological polar surface area (TPSA) is 61.9 Å². The third-order valence-corrected chi connectivity index (χ3v) is 5.30. The quantitative estimate of drug-likeness (QED) is 0.738. The number of halogens is 1. The Balaban J connectivity index is 1.52. The lowest BCUT2D eigenvalue weighted by molar-refractivity contribution is -0.117. The standard InChI is InChI=1S/C23H28FN3O3/c1-17-4-7-19(23(29)30-2)14-21(17)25-22(28)16-27-11-3-10-26(12-13-27)15-18-5-8-20(24)9-6-18/h4-9,14H,3,10-13,15-16H2,1-2H3,(H,25,28). The van der Waals surface area contributed by atoms with E-state index in [1.165, 1.54) is 19.2 Å². The number of carbonyl (C=O) groups is 2. The number of benzene rings is 2. The lowest BCUT2D eigenvalue weighted by atomic mass is 10.1. The molecule has 0 aromatic heterocycles. The summed E-state index contributed by atoms with van der Waals surface area (Å²) in [5.41, 5.74) is 3.00. The molecule has 7 heteroatoms. The summed E-state index contributed by atoms with van der Waals surface area (Å²) >= 11 is 0. The average Bonchev–Trinajstić information content (AvgIpc) is 2.95. The molecule has 0 unspecified atom stereocenters. The summed E-state index contributed by atoms with van der Waals surface area (Å²) in [5.74, 6) is -0.759. The molecule has 160 valence electrons. The van der Waals surface area contributed by atoms with Crippen LogP contribution in [0.4, 0.5) is 10.1 Å². The molecule has 2 aromatic rings. The molecule has 0 saturated carbocycles. The molecule has 1 amide bonds. The summed E-state index contributed by atoms with van der Waals surface area (Å²) < 4.78 is 17.8. The number of amides is 1. The first-order valence-corrected chi connectivity index (χ1v) is 10.1. The van der Waals surface area contributed by atoms with Gasteiger partial charge in [0.25, 0.3) is 0 Å². The minimum absolute atomic E-state index is 0.105. The predicted octanol–water partition coefficient (Wildman–Crippen LogP) is 3.07. The fourth-order valence-corrected chi connectivity index (χ4v) is 3.58. The monoisotopic (exact) mass is 413 g/mol. The Kier molecular flexibility index (Phi) is 7.54. The number of nitrogens with one attached hydrogen (secondary N) is 1. The van der Waals surface area contributed by atoms with Crippen LogP contribution in [-0.2, 0) is 16.1 Å². The van der Waals surface area contributed by atoms with Gasteiger partial charge in [-0.25, -0.2) is 9.18 Å². The van der Waals surface area contributed by atoms with Gasteiger partial charge in [-0.2, -0.15) is 0 Å². The molecule has 3 rings (SSSR count). The Morgan fingerprint density at radius 3 is 2.47 bits per heavy atom. The molecule has 0 atom stereocenters. The zero-order valence-corrected chi connectivity index (χ0v) is 17.5. The minimum atomic E-state index is -0.431. The number of rotatable bonds is 6. The second-order valence-corrected chi connectivity index (χ2v) is 7.60. The van der Waals surface area contributed by atoms with Gasteiger partial charge in [0.2, 0.25) is 5.91 Å². The van der Waals surface area contributed by atoms with Gasteiger partial charge >= 0.3 is 5.97 Å². The fourth-order valence-electron chi connectivity index (χ4n) is 3.58. The third kappa shape index (κ3) is 6.11. The molecular formula is C23H28FN3O3. The van der Waals surface area contributed by atoms with Crippen LogP contribution in [0.1, 0.15) is 27.9 Å². The maximum Gasteiger partial charge on any atom is 0.337 e. The van der Waals surface area contributed by atoms with Crippen molar-refractivity contribution in [3.63, 3.8) is 0 Å². The number of methoxy groups -OCH3 is 1. The molecule has 1 aliphatic heterocycles. The lowest BCUT2D eigenvalue weighted by Gasteiger charge is -2.21. The molecule has 0 radical (unpaired) electrons. The van der Waals surface area contributed by atoms with Gasteiger partial charge in [0.15, 0.2) is 0 Å². The maximum atomic E-state index is 13.1. The molecule has 2 aromatic carbocycles. The minimum Gasteiger partial charge on any atom is -0.465 e. The highest BCUT2D eigenvalue weighted by Gasteiger charge is 2.18. The van der Waals surface area contributed by atoms with Crippen molar-refractivity contribution >= 4 is 17.6 Å². The second-order valence-electron chi connectivity index (χ2n) is 7.60. The zero-order valence-electron chi connectivity index (χ0n) is 17.5. The average molecular weight is 413 g/mol. The van der Waals surface area contributed by atoms with Crippen molar-refractivity contribution in [2.24, 2.45) is 0 Å². The van der Waals surface area contributed by atoms with Crippen molar-refractivity contribution in [3.8, 4) is 0 Å². The number of hydrogen-bond acceptors (Lipinski definition) is 5. The molecular weight excluding hydrogens is 385 g/mol. The summed E-state index contributed by atoms with van der Waals surface area (Å²) in [5, 5.41) is 2.92. The molecule has 0 bridgehead atoms. The van der Waals surface area contributed by atoms with Crippen LogP contribution >= 0.6 is 0 Å². The van der Waals surface area contributed by atoms with Gasteiger partial charge in [-0.1, -0.05) is 18.2 Å². The Morgan fingerprint density at radius 1 is 1.03 bits per heavy atom. The Hall–Kier alpha value is -2.77. The van der Waals surface area contributed by atoms with Gasteiger partial charge in [0.1, 0.15) is 5.82 Å². The summed E-state index contributed by atoms with van der Waals surface area (Å²) in [6.45, 7) is 6.38. The Morgan fingerprint density at radius 2 is 1.73 bits per heavy atom. The molecule has 0 aliphatic carbocycles. The van der Waals surface area contributed by atoms with Crippen molar-refractivity contribution in [1.82, 2.24) is 9.80 Å². The predicted molar refractivity (Wildman–Crippen MR) is 114 cm³/mol. The number of ether oxygens (including phenoxy) is 1. The highest BCUT2D eigenvalue weighted by molar-refractivity contribution is 5.96. The SMILES string of the molecule is COC(=O)c1ccc(C)c(NC(=O)CN2CCCN(Cc3ccc(F)cc3)CC2)c1. The number of carbonyl (C=O) groups excluding carboxylic acids is 2. The van der Waals surface area contributed by atoms with E-state index >= 15 is 0 Å². The van der Waals surface area contributed by atoms with Crippen LogP contribution in [-0.4, -0.2) is 61.5 Å². The van der Waals surface area contributed by atoms with E-state index in [1.54, 1.807) is 18.2 Å².